The molecule has 2 atom stereocenters. The summed E-state index contributed by atoms with van der Waals surface area (Å²) in [6, 6.07) is 12.7. The Bertz CT molecular complexity index is 2800. The van der Waals surface area contributed by atoms with Crippen LogP contribution in [0.2, 0.25) is 0 Å². The van der Waals surface area contributed by atoms with Gasteiger partial charge in [0.2, 0.25) is 11.9 Å². The van der Waals surface area contributed by atoms with Crippen LogP contribution in [-0.2, 0) is 33.1 Å². The number of nitrogens with zero attached hydrogens (tertiary/aromatic N) is 6. The van der Waals surface area contributed by atoms with Crippen molar-refractivity contribution in [3.63, 3.8) is 0 Å². The molecule has 0 radical (unpaired) electrons. The van der Waals surface area contributed by atoms with E-state index in [0.29, 0.717) is 72.8 Å². The van der Waals surface area contributed by atoms with E-state index in [9.17, 15) is 56.4 Å². The second-order valence-corrected chi connectivity index (χ2v) is 22.0. The molecular weight excluding hydrogens is 1010 g/mol. The Kier molecular flexibility index (Phi) is 14.9. The molecule has 0 unspecified atom stereocenters. The number of aryl methyl sites for hydroxylation is 2. The summed E-state index contributed by atoms with van der Waals surface area (Å²) in [6.07, 6.45) is 4.89. The van der Waals surface area contributed by atoms with E-state index in [0.717, 1.165) is 82.2 Å². The minimum atomic E-state index is -4.57. The van der Waals surface area contributed by atoms with Crippen molar-refractivity contribution in [2.45, 2.75) is 114 Å². The van der Waals surface area contributed by atoms with E-state index in [4.69, 9.17) is 0 Å². The van der Waals surface area contributed by atoms with Crippen molar-refractivity contribution in [1.82, 2.24) is 29.9 Å². The number of aliphatic carboxylic acids is 2. The molecule has 0 saturated heterocycles. The third-order valence-corrected chi connectivity index (χ3v) is 17.0. The molecule has 74 heavy (non-hydrogen) atoms. The summed E-state index contributed by atoms with van der Waals surface area (Å²) in [5, 5.41) is 49.5. The highest BCUT2D eigenvalue weighted by atomic mass is 32.1. The van der Waals surface area contributed by atoms with Crippen molar-refractivity contribution in [3.8, 4) is 20.9 Å². The highest BCUT2D eigenvalue weighted by Gasteiger charge is 2.54. The molecule has 392 valence electrons. The Labute approximate surface area is 429 Å². The molecule has 6 N–H and O–H groups in total. The predicted octanol–water partition coefficient (Wildman–Crippen LogP) is 12.3. The zero-order chi connectivity index (χ0) is 52.7. The molecule has 6 aromatic rings. The first kappa shape index (κ1) is 52.8. The van der Waals surface area contributed by atoms with Gasteiger partial charge in [0, 0.05) is 36.2 Å². The number of aliphatic hydroxyl groups is 2. The molecule has 2 aromatic carbocycles. The molecule has 10 rings (SSSR count). The van der Waals surface area contributed by atoms with Crippen LogP contribution in [0.5, 0.6) is 0 Å². The topological polar surface area (TPSA) is 216 Å². The third-order valence-electron chi connectivity index (χ3n) is 14.6. The van der Waals surface area contributed by atoms with Crippen LogP contribution in [0.4, 0.5) is 49.6 Å². The summed E-state index contributed by atoms with van der Waals surface area (Å²) in [6.45, 7) is 3.76. The lowest BCUT2D eigenvalue weighted by molar-refractivity contribution is -0.145. The zero-order valence-electron chi connectivity index (χ0n) is 40.3. The number of carboxylic acid groups (broad SMARTS) is 2. The molecule has 0 bridgehead atoms. The van der Waals surface area contributed by atoms with Crippen LogP contribution in [0.1, 0.15) is 110 Å². The fourth-order valence-corrected chi connectivity index (χ4v) is 12.9. The maximum absolute atomic E-state index is 13.0. The Hall–Kier alpha value is -6.10. The first-order valence-corrected chi connectivity index (χ1v) is 26.1. The van der Waals surface area contributed by atoms with Crippen molar-refractivity contribution in [3.05, 3.63) is 106 Å². The van der Waals surface area contributed by atoms with Gasteiger partial charge in [-0.25, -0.2) is 29.9 Å². The number of hydrogen-bond acceptors (Lipinski definition) is 14. The molecular formula is C52H54F6N8O6S2. The monoisotopic (exact) mass is 1060 g/mol. The van der Waals surface area contributed by atoms with Crippen LogP contribution in [0.3, 0.4) is 0 Å². The van der Waals surface area contributed by atoms with Gasteiger partial charge in [-0.1, -0.05) is 12.1 Å². The highest BCUT2D eigenvalue weighted by Crippen LogP contribution is 2.57. The number of hydrogen-bond donors (Lipinski definition) is 6. The van der Waals surface area contributed by atoms with Crippen LogP contribution in [0.25, 0.3) is 20.9 Å². The Balaban J connectivity index is 0.000000182. The van der Waals surface area contributed by atoms with Crippen molar-refractivity contribution in [2.24, 2.45) is 35.5 Å². The second-order valence-electron chi connectivity index (χ2n) is 20.0. The summed E-state index contributed by atoms with van der Waals surface area (Å²) in [5.41, 5.74) is 0.243. The fraction of sp³-hybridized carbons (Fsp3) is 0.462. The minimum absolute atomic E-state index is 0.0394. The zero-order valence-corrected chi connectivity index (χ0v) is 41.9. The molecule has 14 nitrogen and oxygen atoms in total. The Morgan fingerprint density at radius 2 is 0.865 bits per heavy atom. The molecule has 4 heterocycles. The average Bonchev–Trinajstić information content (AvgIpc) is 4.30. The number of carbonyl (C=O) groups is 2. The summed E-state index contributed by atoms with van der Waals surface area (Å²) in [4.78, 5) is 48.6. The quantitative estimate of drug-likeness (QED) is 0.0560. The van der Waals surface area contributed by atoms with Gasteiger partial charge in [0.1, 0.15) is 32.6 Å². The molecule has 22 heteroatoms. The molecule has 4 fully saturated rings. The van der Waals surface area contributed by atoms with Gasteiger partial charge in [0.25, 0.3) is 0 Å². The first-order chi connectivity index (χ1) is 35.1. The van der Waals surface area contributed by atoms with Gasteiger partial charge in [-0.3, -0.25) is 9.59 Å². The molecule has 4 saturated carbocycles. The summed E-state index contributed by atoms with van der Waals surface area (Å²) in [7, 11) is 0. The first-order valence-electron chi connectivity index (χ1n) is 24.5. The molecule has 4 aromatic heterocycles. The Morgan fingerprint density at radius 3 is 1.18 bits per heavy atom. The van der Waals surface area contributed by atoms with E-state index in [2.05, 4.69) is 40.5 Å². The number of carboxylic acids is 2. The lowest BCUT2D eigenvalue weighted by Gasteiger charge is -2.38. The van der Waals surface area contributed by atoms with E-state index in [1.807, 2.05) is 26.0 Å². The summed E-state index contributed by atoms with van der Waals surface area (Å²) in [5.74, 6) is -2.42. The van der Waals surface area contributed by atoms with Crippen LogP contribution >= 0.6 is 22.7 Å². The summed E-state index contributed by atoms with van der Waals surface area (Å²) >= 11 is 2.81. The van der Waals surface area contributed by atoms with Gasteiger partial charge in [-0.15, -0.1) is 22.7 Å². The second kappa shape index (κ2) is 20.9. The van der Waals surface area contributed by atoms with Gasteiger partial charge in [0.15, 0.2) is 0 Å². The standard InChI is InChI=1S/2C26H27F3N4O3S/c2*1-14-10-16(12-19(11-14)32-24-30-9-8-21(33-24)26(27,28)29)20-13-31-23(37-20)25(36,18-6-7-18)17-4-2-15(3-5-17)22(34)35/h2*8-13,15,17-18,36H,2-7H2,1H3,(H,34,35)(H,30,32,33)/t2*15?,17?,25-/m10/s1. The van der Waals surface area contributed by atoms with Crippen LogP contribution in [0.15, 0.2) is 73.3 Å². The molecule has 4 aliphatic rings. The van der Waals surface area contributed by atoms with Crippen LogP contribution < -0.4 is 10.6 Å². The number of nitrogens with one attached hydrogen (secondary N) is 2. The van der Waals surface area contributed by atoms with E-state index in [1.54, 1.807) is 36.7 Å². The predicted molar refractivity (Wildman–Crippen MR) is 265 cm³/mol. The number of halogens is 6. The van der Waals surface area contributed by atoms with Crippen LogP contribution in [-0.4, -0.2) is 62.3 Å². The van der Waals surface area contributed by atoms with Crippen molar-refractivity contribution in [2.75, 3.05) is 10.6 Å². The van der Waals surface area contributed by atoms with Crippen molar-refractivity contribution >= 4 is 57.9 Å². The smallest absolute Gasteiger partial charge is 0.433 e. The van der Waals surface area contributed by atoms with E-state index in [1.165, 1.54) is 22.7 Å². The number of thiazole rings is 2. The Morgan fingerprint density at radius 1 is 0.527 bits per heavy atom. The third kappa shape index (κ3) is 11.7. The lowest BCUT2D eigenvalue weighted by Crippen LogP contribution is -2.40. The van der Waals surface area contributed by atoms with Gasteiger partial charge in [-0.05, 0) is 173 Å². The maximum atomic E-state index is 13.0. The SMILES string of the molecule is Cc1cc(Nc2nccc(C(F)(F)F)n2)cc(-c2cnc([C@@](O)(C3CCC(C(=O)O)CC3)C3CC3)s2)c1.Cc1cc(Nc2nccc(C(F)(F)F)n2)cc(-c2cnc([C@](O)(C3CCC(C(=O)O)CC3)C3CC3)s2)c1. The van der Waals surface area contributed by atoms with E-state index < -0.39 is 46.9 Å². The van der Waals surface area contributed by atoms with E-state index >= 15 is 0 Å². The fourth-order valence-electron chi connectivity index (χ4n) is 10.6. The molecule has 0 amide bonds. The maximum Gasteiger partial charge on any atom is 0.433 e. The number of aromatic nitrogens is 6. The highest BCUT2D eigenvalue weighted by molar-refractivity contribution is 7.15. The average molecular weight is 1070 g/mol. The minimum Gasteiger partial charge on any atom is -0.481 e. The van der Waals surface area contributed by atoms with Gasteiger partial charge < -0.3 is 31.1 Å². The van der Waals surface area contributed by atoms with Crippen LogP contribution in [0, 0.1) is 49.4 Å². The van der Waals surface area contributed by atoms with E-state index in [-0.39, 0.29) is 47.4 Å². The molecule has 4 aliphatic carbocycles. The van der Waals surface area contributed by atoms with Gasteiger partial charge in [0.05, 0.1) is 21.6 Å². The normalized spacial score (nSPS) is 21.9. The lowest BCUT2D eigenvalue weighted by atomic mass is 9.71. The van der Waals surface area contributed by atoms with Gasteiger partial charge in [-0.2, -0.15) is 26.3 Å². The summed E-state index contributed by atoms with van der Waals surface area (Å²) < 4.78 is 78.2. The van der Waals surface area contributed by atoms with Crippen molar-refractivity contribution < 1.29 is 56.4 Å². The largest absolute Gasteiger partial charge is 0.481 e. The van der Waals surface area contributed by atoms with Crippen molar-refractivity contribution in [1.29, 1.82) is 0 Å². The number of benzene rings is 2. The number of rotatable bonds is 14. The molecule has 0 spiro atoms. The number of alkyl halides is 6. The molecule has 0 aliphatic heterocycles. The van der Waals surface area contributed by atoms with Gasteiger partial charge >= 0.3 is 24.3 Å². The number of anilines is 4.